The summed E-state index contributed by atoms with van der Waals surface area (Å²) in [6.45, 7) is 6.90. The van der Waals surface area contributed by atoms with Crippen molar-refractivity contribution in [3.05, 3.63) is 87.5 Å². The van der Waals surface area contributed by atoms with Gasteiger partial charge in [0.1, 0.15) is 0 Å². The van der Waals surface area contributed by atoms with E-state index in [-0.39, 0.29) is 17.7 Å². The van der Waals surface area contributed by atoms with Gasteiger partial charge in [-0.05, 0) is 65.6 Å². The molecule has 8 nitrogen and oxygen atoms in total. The molecule has 0 bridgehead atoms. The summed E-state index contributed by atoms with van der Waals surface area (Å²) in [5.41, 5.74) is 3.91. The van der Waals surface area contributed by atoms with Crippen molar-refractivity contribution in [2.45, 2.75) is 64.8 Å². The van der Waals surface area contributed by atoms with Gasteiger partial charge in [-0.15, -0.1) is 5.10 Å². The van der Waals surface area contributed by atoms with Gasteiger partial charge in [0, 0.05) is 31.8 Å². The molecular weight excluding hydrogens is 452 g/mol. The first-order chi connectivity index (χ1) is 17.6. The average molecular weight is 487 g/mol. The number of fused-ring (bicyclic) bond motifs is 1. The van der Waals surface area contributed by atoms with E-state index in [1.54, 1.807) is 0 Å². The Bertz CT molecular complexity index is 1340. The topological polar surface area (TPSA) is 88.9 Å². The summed E-state index contributed by atoms with van der Waals surface area (Å²) in [5, 5.41) is 13.8. The zero-order valence-electron chi connectivity index (χ0n) is 21.1. The van der Waals surface area contributed by atoms with Gasteiger partial charge in [-0.1, -0.05) is 55.5 Å². The molecule has 5 rings (SSSR count). The summed E-state index contributed by atoms with van der Waals surface area (Å²) in [4.78, 5) is 18.6. The molecule has 1 saturated heterocycles. The molecule has 2 atom stereocenters. The number of nitrogens with one attached hydrogen (secondary N) is 1. The third kappa shape index (κ3) is 5.39. The van der Waals surface area contributed by atoms with Crippen LogP contribution in [-0.4, -0.2) is 49.3 Å². The second-order valence-corrected chi connectivity index (χ2v) is 9.65. The van der Waals surface area contributed by atoms with Gasteiger partial charge in [0.25, 0.3) is 5.56 Å². The Morgan fingerprint density at radius 2 is 2.06 bits per heavy atom. The largest absolute Gasteiger partial charge is 0.377 e. The van der Waals surface area contributed by atoms with Crippen LogP contribution in [0.2, 0.25) is 0 Å². The van der Waals surface area contributed by atoms with E-state index >= 15 is 0 Å². The molecule has 188 valence electrons. The van der Waals surface area contributed by atoms with Gasteiger partial charge in [-0.2, -0.15) is 0 Å². The van der Waals surface area contributed by atoms with Gasteiger partial charge in [-0.25, -0.2) is 4.68 Å². The smallest absolute Gasteiger partial charge is 0.252 e. The zero-order valence-corrected chi connectivity index (χ0v) is 21.1. The number of para-hydroxylation sites is 1. The van der Waals surface area contributed by atoms with Crippen LogP contribution in [0.3, 0.4) is 0 Å². The summed E-state index contributed by atoms with van der Waals surface area (Å²) >= 11 is 0. The third-order valence-corrected chi connectivity index (χ3v) is 7.14. The molecule has 0 aliphatic carbocycles. The molecule has 2 aromatic heterocycles. The van der Waals surface area contributed by atoms with Crippen LogP contribution >= 0.6 is 0 Å². The number of rotatable bonds is 10. The van der Waals surface area contributed by atoms with E-state index in [2.05, 4.69) is 56.6 Å². The van der Waals surface area contributed by atoms with Crippen molar-refractivity contribution in [3.8, 4) is 0 Å². The Balaban J connectivity index is 1.44. The van der Waals surface area contributed by atoms with Crippen molar-refractivity contribution in [3.63, 3.8) is 0 Å². The van der Waals surface area contributed by atoms with Crippen molar-refractivity contribution in [1.29, 1.82) is 0 Å². The SMILES string of the molecule is CC[C@H](c1nnnn1CCc1ccccc1)N(Cc1cc2cccc(C)c2[nH]c1=O)C[C@H]1CCCO1. The molecular formula is C28H34N6O2. The average Bonchev–Trinajstić information content (AvgIpc) is 3.57. The summed E-state index contributed by atoms with van der Waals surface area (Å²) in [7, 11) is 0. The van der Waals surface area contributed by atoms with Crippen molar-refractivity contribution in [1.82, 2.24) is 30.1 Å². The summed E-state index contributed by atoms with van der Waals surface area (Å²) in [6.07, 6.45) is 3.92. The molecule has 36 heavy (non-hydrogen) atoms. The van der Waals surface area contributed by atoms with Crippen molar-refractivity contribution >= 4 is 10.9 Å². The fourth-order valence-electron chi connectivity index (χ4n) is 5.21. The molecule has 1 fully saturated rings. The van der Waals surface area contributed by atoms with Gasteiger partial charge in [0.15, 0.2) is 5.82 Å². The van der Waals surface area contributed by atoms with E-state index in [1.807, 2.05) is 41.9 Å². The van der Waals surface area contributed by atoms with E-state index in [0.717, 1.165) is 66.7 Å². The number of hydrogen-bond donors (Lipinski definition) is 1. The van der Waals surface area contributed by atoms with Crippen LogP contribution in [0.15, 0.2) is 59.4 Å². The molecule has 4 aromatic rings. The number of pyridine rings is 1. The van der Waals surface area contributed by atoms with E-state index in [4.69, 9.17) is 4.74 Å². The first-order valence-corrected chi connectivity index (χ1v) is 12.9. The van der Waals surface area contributed by atoms with Crippen LogP contribution in [0.25, 0.3) is 10.9 Å². The van der Waals surface area contributed by atoms with E-state index < -0.39 is 0 Å². The Morgan fingerprint density at radius 1 is 1.19 bits per heavy atom. The monoisotopic (exact) mass is 486 g/mol. The van der Waals surface area contributed by atoms with Gasteiger partial charge >= 0.3 is 0 Å². The molecule has 0 amide bonds. The number of H-pyrrole nitrogens is 1. The van der Waals surface area contributed by atoms with Gasteiger partial charge < -0.3 is 9.72 Å². The number of ether oxygens (including phenoxy) is 1. The van der Waals surface area contributed by atoms with Gasteiger partial charge in [-0.3, -0.25) is 9.69 Å². The van der Waals surface area contributed by atoms with E-state index in [9.17, 15) is 4.79 Å². The maximum atomic E-state index is 13.1. The highest BCUT2D eigenvalue weighted by Crippen LogP contribution is 2.27. The van der Waals surface area contributed by atoms with Crippen LogP contribution in [0.4, 0.5) is 0 Å². The summed E-state index contributed by atoms with van der Waals surface area (Å²) in [5.74, 6) is 0.833. The molecule has 0 radical (unpaired) electrons. The van der Waals surface area contributed by atoms with E-state index in [1.165, 1.54) is 5.56 Å². The molecule has 1 aliphatic heterocycles. The molecule has 3 heterocycles. The van der Waals surface area contributed by atoms with E-state index in [0.29, 0.717) is 13.1 Å². The lowest BCUT2D eigenvalue weighted by molar-refractivity contribution is 0.0488. The van der Waals surface area contributed by atoms with Crippen LogP contribution in [-0.2, 0) is 24.2 Å². The number of aromatic amines is 1. The molecule has 0 unspecified atom stereocenters. The lowest BCUT2D eigenvalue weighted by Gasteiger charge is -2.32. The summed E-state index contributed by atoms with van der Waals surface area (Å²) in [6, 6.07) is 18.5. The lowest BCUT2D eigenvalue weighted by atomic mass is 10.1. The third-order valence-electron chi connectivity index (χ3n) is 7.14. The highest BCUT2D eigenvalue weighted by molar-refractivity contribution is 5.81. The fraction of sp³-hybridized carbons (Fsp3) is 0.429. The molecule has 2 aromatic carbocycles. The predicted molar refractivity (Wildman–Crippen MR) is 140 cm³/mol. The second-order valence-electron chi connectivity index (χ2n) is 9.65. The number of aromatic nitrogens is 5. The van der Waals surface area contributed by atoms with Gasteiger partial charge in [0.2, 0.25) is 0 Å². The standard InChI is InChI=1S/C28H34N6O2/c1-3-25(27-30-31-32-34(27)15-14-21-10-5-4-6-11-21)33(19-24-13-8-16-36-24)18-23-17-22-12-7-9-20(2)26(22)29-28(23)35/h4-7,9-12,17,24-25H,3,8,13-16,18-19H2,1-2H3,(H,29,35)/t24-,25-/m1/s1. The number of nitrogens with zero attached hydrogens (tertiary/aromatic N) is 5. The highest BCUT2D eigenvalue weighted by atomic mass is 16.5. The molecule has 0 saturated carbocycles. The Kier molecular flexibility index (Phi) is 7.53. The maximum absolute atomic E-state index is 13.1. The van der Waals surface area contributed by atoms with Crippen LogP contribution in [0.5, 0.6) is 0 Å². The number of tetrazole rings is 1. The molecule has 1 N–H and O–H groups in total. The van der Waals surface area contributed by atoms with Crippen LogP contribution < -0.4 is 5.56 Å². The Hall–Kier alpha value is -3.36. The van der Waals surface area contributed by atoms with Crippen molar-refractivity contribution < 1.29 is 4.74 Å². The van der Waals surface area contributed by atoms with Crippen LogP contribution in [0, 0.1) is 6.92 Å². The predicted octanol–water partition coefficient (Wildman–Crippen LogP) is 4.20. The normalized spacial score (nSPS) is 16.7. The maximum Gasteiger partial charge on any atom is 0.252 e. The summed E-state index contributed by atoms with van der Waals surface area (Å²) < 4.78 is 7.91. The van der Waals surface area contributed by atoms with Crippen LogP contribution in [0.1, 0.15) is 54.7 Å². The van der Waals surface area contributed by atoms with Crippen molar-refractivity contribution in [2.75, 3.05) is 13.2 Å². The Labute approximate surface area is 211 Å². The minimum Gasteiger partial charge on any atom is -0.377 e. The zero-order chi connectivity index (χ0) is 24.9. The minimum absolute atomic E-state index is 0.0346. The second kappa shape index (κ2) is 11.1. The Morgan fingerprint density at radius 3 is 2.83 bits per heavy atom. The number of hydrogen-bond acceptors (Lipinski definition) is 6. The number of benzene rings is 2. The van der Waals surface area contributed by atoms with Crippen molar-refractivity contribution in [2.24, 2.45) is 0 Å². The number of aryl methyl sites for hydroxylation is 3. The molecule has 8 heteroatoms. The highest BCUT2D eigenvalue weighted by Gasteiger charge is 2.29. The minimum atomic E-state index is -0.0485. The first kappa shape index (κ1) is 24.3. The quantitative estimate of drug-likeness (QED) is 0.361. The first-order valence-electron chi connectivity index (χ1n) is 12.9. The molecule has 1 aliphatic rings. The fourth-order valence-corrected chi connectivity index (χ4v) is 5.21. The van der Waals surface area contributed by atoms with Gasteiger partial charge in [0.05, 0.1) is 17.7 Å². The molecule has 0 spiro atoms. The lowest BCUT2D eigenvalue weighted by Crippen LogP contribution is -2.37.